The molecule has 2 aromatic heterocycles. The number of hydrogen-bond donors (Lipinski definition) is 0. The van der Waals surface area contributed by atoms with Gasteiger partial charge in [0.2, 0.25) is 0 Å². The van der Waals surface area contributed by atoms with Crippen molar-refractivity contribution in [2.45, 2.75) is 32.5 Å². The molecule has 3 aromatic rings. The first-order valence-electron chi connectivity index (χ1n) is 8.43. The van der Waals surface area contributed by atoms with E-state index in [1.165, 1.54) is 6.92 Å². The third-order valence-electron chi connectivity index (χ3n) is 4.64. The molecule has 0 fully saturated rings. The maximum atomic E-state index is 11.5. The summed E-state index contributed by atoms with van der Waals surface area (Å²) in [5.41, 5.74) is 3.80. The number of carbonyl (C=O) groups is 2. The SMILES string of the molecule is CC(=O)O[C@@H]1Cc2ccccc2[C@H]1Oc1cccn2c(C=O)c(C)nc12. The Bertz CT molecular complexity index is 1010. The van der Waals surface area contributed by atoms with E-state index in [9.17, 15) is 9.59 Å². The van der Waals surface area contributed by atoms with Crippen molar-refractivity contribution < 1.29 is 19.1 Å². The van der Waals surface area contributed by atoms with Crippen LogP contribution in [0.2, 0.25) is 0 Å². The van der Waals surface area contributed by atoms with Crippen molar-refractivity contribution in [2.24, 2.45) is 0 Å². The van der Waals surface area contributed by atoms with Gasteiger partial charge in [-0.3, -0.25) is 14.0 Å². The standard InChI is InChI=1S/C20H18N2O4/c1-12-16(11-23)22-9-5-8-17(20(22)21-12)26-19-15-7-4-3-6-14(15)10-18(19)25-13(2)24/h3-9,11,18-19H,10H2,1-2H3/t18-,19-/m1/s1. The zero-order chi connectivity index (χ0) is 18.3. The van der Waals surface area contributed by atoms with Gasteiger partial charge in [-0.25, -0.2) is 4.98 Å². The van der Waals surface area contributed by atoms with Crippen LogP contribution >= 0.6 is 0 Å². The Morgan fingerprint density at radius 2 is 2.08 bits per heavy atom. The number of carbonyl (C=O) groups excluding carboxylic acids is 2. The lowest BCUT2D eigenvalue weighted by Gasteiger charge is -2.22. The molecule has 26 heavy (non-hydrogen) atoms. The number of nitrogens with zero attached hydrogens (tertiary/aromatic N) is 2. The highest BCUT2D eigenvalue weighted by Gasteiger charge is 2.37. The minimum atomic E-state index is -0.419. The van der Waals surface area contributed by atoms with Gasteiger partial charge in [0, 0.05) is 19.5 Å². The molecular weight excluding hydrogens is 332 g/mol. The van der Waals surface area contributed by atoms with Crippen molar-refractivity contribution in [3.8, 4) is 5.75 Å². The maximum absolute atomic E-state index is 11.5. The van der Waals surface area contributed by atoms with Crippen LogP contribution in [0.3, 0.4) is 0 Å². The number of imidazole rings is 1. The lowest BCUT2D eigenvalue weighted by molar-refractivity contribution is -0.150. The first kappa shape index (κ1) is 16.3. The Hall–Kier alpha value is -3.15. The molecule has 0 N–H and O–H groups in total. The lowest BCUT2D eigenvalue weighted by atomic mass is 10.1. The Morgan fingerprint density at radius 1 is 1.27 bits per heavy atom. The average Bonchev–Trinajstić information content (AvgIpc) is 3.12. The Morgan fingerprint density at radius 3 is 2.85 bits per heavy atom. The first-order valence-corrected chi connectivity index (χ1v) is 8.43. The zero-order valence-corrected chi connectivity index (χ0v) is 14.5. The number of fused-ring (bicyclic) bond motifs is 2. The number of benzene rings is 1. The van der Waals surface area contributed by atoms with E-state index in [-0.39, 0.29) is 5.97 Å². The second-order valence-electron chi connectivity index (χ2n) is 6.36. The van der Waals surface area contributed by atoms with Gasteiger partial charge in [0.05, 0.1) is 5.69 Å². The van der Waals surface area contributed by atoms with Crippen molar-refractivity contribution in [3.05, 3.63) is 65.1 Å². The fourth-order valence-electron chi connectivity index (χ4n) is 3.52. The van der Waals surface area contributed by atoms with E-state index >= 15 is 0 Å². The highest BCUT2D eigenvalue weighted by Crippen LogP contribution is 2.38. The molecule has 6 nitrogen and oxygen atoms in total. The molecule has 0 amide bonds. The molecule has 132 valence electrons. The summed E-state index contributed by atoms with van der Waals surface area (Å²) in [6, 6.07) is 11.5. The number of ether oxygens (including phenoxy) is 2. The monoisotopic (exact) mass is 350 g/mol. The van der Waals surface area contributed by atoms with Gasteiger partial charge in [-0.1, -0.05) is 24.3 Å². The molecule has 1 aliphatic carbocycles. The summed E-state index contributed by atoms with van der Waals surface area (Å²) in [6.07, 6.45) is 2.35. The Kier molecular flexibility index (Phi) is 3.95. The highest BCUT2D eigenvalue weighted by atomic mass is 16.6. The quantitative estimate of drug-likeness (QED) is 0.534. The predicted octanol–water partition coefficient (Wildman–Crippen LogP) is 3.06. The third kappa shape index (κ3) is 2.63. The number of esters is 1. The molecule has 0 saturated heterocycles. The molecule has 0 radical (unpaired) electrons. The summed E-state index contributed by atoms with van der Waals surface area (Å²) in [6.45, 7) is 3.18. The van der Waals surface area contributed by atoms with Gasteiger partial charge in [0.15, 0.2) is 23.8 Å². The molecule has 1 aliphatic rings. The van der Waals surface area contributed by atoms with Crippen LogP contribution in [0.15, 0.2) is 42.6 Å². The molecule has 0 spiro atoms. The number of pyridine rings is 1. The van der Waals surface area contributed by atoms with Gasteiger partial charge >= 0.3 is 5.97 Å². The lowest BCUT2D eigenvalue weighted by Crippen LogP contribution is -2.25. The predicted molar refractivity (Wildman–Crippen MR) is 94.4 cm³/mol. The average molecular weight is 350 g/mol. The van der Waals surface area contributed by atoms with Crippen molar-refractivity contribution in [1.29, 1.82) is 0 Å². The summed E-state index contributed by atoms with van der Waals surface area (Å²) in [7, 11) is 0. The summed E-state index contributed by atoms with van der Waals surface area (Å²) in [4.78, 5) is 27.3. The number of aromatic nitrogens is 2. The van der Waals surface area contributed by atoms with Crippen molar-refractivity contribution in [3.63, 3.8) is 0 Å². The van der Waals surface area contributed by atoms with E-state index in [0.717, 1.165) is 17.4 Å². The van der Waals surface area contributed by atoms with Crippen LogP contribution in [0.25, 0.3) is 5.65 Å². The molecule has 4 rings (SSSR count). The Labute approximate surface area is 150 Å². The number of aldehydes is 1. The van der Waals surface area contributed by atoms with Crippen molar-refractivity contribution in [1.82, 2.24) is 9.38 Å². The number of aryl methyl sites for hydroxylation is 1. The van der Waals surface area contributed by atoms with Gasteiger partial charge in [-0.2, -0.15) is 0 Å². The number of rotatable bonds is 4. The molecule has 0 unspecified atom stereocenters. The first-order chi connectivity index (χ1) is 12.6. The van der Waals surface area contributed by atoms with Gasteiger partial charge in [-0.15, -0.1) is 0 Å². The van der Waals surface area contributed by atoms with Crippen LogP contribution in [0, 0.1) is 6.92 Å². The second-order valence-corrected chi connectivity index (χ2v) is 6.36. The number of hydrogen-bond acceptors (Lipinski definition) is 5. The summed E-state index contributed by atoms with van der Waals surface area (Å²) < 4.78 is 13.5. The van der Waals surface area contributed by atoms with Gasteiger partial charge in [-0.05, 0) is 30.2 Å². The molecular formula is C20H18N2O4. The van der Waals surface area contributed by atoms with Crippen LogP contribution in [-0.2, 0) is 16.0 Å². The van der Waals surface area contributed by atoms with Crippen molar-refractivity contribution >= 4 is 17.9 Å². The van der Waals surface area contributed by atoms with Crippen LogP contribution in [0.5, 0.6) is 5.75 Å². The third-order valence-corrected chi connectivity index (χ3v) is 4.64. The molecule has 0 saturated carbocycles. The fraction of sp³-hybridized carbons (Fsp3) is 0.250. The van der Waals surface area contributed by atoms with Crippen LogP contribution in [0.4, 0.5) is 0 Å². The topological polar surface area (TPSA) is 69.9 Å². The van der Waals surface area contributed by atoms with E-state index in [1.54, 1.807) is 23.6 Å². The van der Waals surface area contributed by atoms with Crippen molar-refractivity contribution in [2.75, 3.05) is 0 Å². The minimum Gasteiger partial charge on any atom is -0.478 e. The fourth-order valence-corrected chi connectivity index (χ4v) is 3.52. The smallest absolute Gasteiger partial charge is 0.303 e. The molecule has 2 heterocycles. The minimum absolute atomic E-state index is 0.338. The van der Waals surface area contributed by atoms with Gasteiger partial charge < -0.3 is 9.47 Å². The normalized spacial score (nSPS) is 18.5. The van der Waals surface area contributed by atoms with E-state index in [2.05, 4.69) is 4.98 Å². The van der Waals surface area contributed by atoms with Crippen LogP contribution < -0.4 is 4.74 Å². The van der Waals surface area contributed by atoms with Gasteiger partial charge in [0.1, 0.15) is 11.8 Å². The Balaban J connectivity index is 1.76. The van der Waals surface area contributed by atoms with E-state index in [0.29, 0.717) is 29.2 Å². The second kappa shape index (κ2) is 6.29. The van der Waals surface area contributed by atoms with Crippen LogP contribution in [-0.4, -0.2) is 27.7 Å². The van der Waals surface area contributed by atoms with E-state index in [4.69, 9.17) is 9.47 Å². The van der Waals surface area contributed by atoms with Gasteiger partial charge in [0.25, 0.3) is 0 Å². The maximum Gasteiger partial charge on any atom is 0.303 e. The molecule has 1 aromatic carbocycles. The van der Waals surface area contributed by atoms with E-state index < -0.39 is 12.2 Å². The largest absolute Gasteiger partial charge is 0.478 e. The highest BCUT2D eigenvalue weighted by molar-refractivity contribution is 5.77. The summed E-state index contributed by atoms with van der Waals surface area (Å²) in [5, 5.41) is 0. The molecule has 0 bridgehead atoms. The summed E-state index contributed by atoms with van der Waals surface area (Å²) in [5.74, 6) is 0.206. The zero-order valence-electron chi connectivity index (χ0n) is 14.5. The molecule has 6 heteroatoms. The molecule has 2 atom stereocenters. The van der Waals surface area contributed by atoms with Crippen LogP contribution in [0.1, 0.15) is 40.3 Å². The molecule has 0 aliphatic heterocycles. The summed E-state index contributed by atoms with van der Waals surface area (Å²) >= 11 is 0. The van der Waals surface area contributed by atoms with E-state index in [1.807, 2.05) is 30.3 Å².